The van der Waals surface area contributed by atoms with E-state index in [9.17, 15) is 4.79 Å². The third-order valence-corrected chi connectivity index (χ3v) is 6.08. The van der Waals surface area contributed by atoms with Crippen molar-refractivity contribution in [3.8, 4) is 5.75 Å². The van der Waals surface area contributed by atoms with E-state index >= 15 is 0 Å². The van der Waals surface area contributed by atoms with Crippen molar-refractivity contribution in [2.45, 2.75) is 39.5 Å². The number of aromatic nitrogens is 2. The van der Waals surface area contributed by atoms with Crippen molar-refractivity contribution in [1.82, 2.24) is 15.5 Å². The summed E-state index contributed by atoms with van der Waals surface area (Å²) in [6.07, 6.45) is 2.38. The number of nitrogens with one attached hydrogen (secondary N) is 2. The van der Waals surface area contributed by atoms with E-state index in [-0.39, 0.29) is 11.4 Å². The summed E-state index contributed by atoms with van der Waals surface area (Å²) < 4.78 is 5.96. The minimum absolute atomic E-state index is 0.202. The number of esters is 1. The minimum atomic E-state index is -0.781. The fourth-order valence-corrected chi connectivity index (χ4v) is 4.36. The van der Waals surface area contributed by atoms with Crippen molar-refractivity contribution in [3.63, 3.8) is 0 Å². The number of carbonyl (C=O) groups is 1. The normalized spacial score (nSPS) is 23.1. The van der Waals surface area contributed by atoms with Gasteiger partial charge in [-0.05, 0) is 36.0 Å². The molecule has 0 saturated carbocycles. The molecule has 1 fully saturated rings. The fraction of sp³-hybridized carbons (Fsp3) is 0.524. The molecule has 6 heteroatoms. The van der Waals surface area contributed by atoms with Crippen LogP contribution in [0.25, 0.3) is 0 Å². The van der Waals surface area contributed by atoms with E-state index in [1.54, 1.807) is 6.20 Å². The van der Waals surface area contributed by atoms with Crippen LogP contribution >= 0.6 is 0 Å². The zero-order chi connectivity index (χ0) is 19.2. The summed E-state index contributed by atoms with van der Waals surface area (Å²) >= 11 is 0. The van der Waals surface area contributed by atoms with Crippen LogP contribution in [0.1, 0.15) is 37.6 Å². The van der Waals surface area contributed by atoms with E-state index in [2.05, 4.69) is 53.3 Å². The molecule has 3 heterocycles. The molecule has 1 aromatic heterocycles. The van der Waals surface area contributed by atoms with Crippen molar-refractivity contribution in [2.75, 3.05) is 31.1 Å². The van der Waals surface area contributed by atoms with Gasteiger partial charge in [0.25, 0.3) is 0 Å². The lowest BCUT2D eigenvalue weighted by molar-refractivity contribution is -0.147. The highest BCUT2D eigenvalue weighted by atomic mass is 16.5. The van der Waals surface area contributed by atoms with Gasteiger partial charge in [-0.25, -0.2) is 0 Å². The summed E-state index contributed by atoms with van der Waals surface area (Å²) in [5.74, 6) is 0.486. The highest BCUT2D eigenvalue weighted by Crippen LogP contribution is 2.49. The zero-order valence-electron chi connectivity index (χ0n) is 16.6. The van der Waals surface area contributed by atoms with Gasteiger partial charge in [-0.15, -0.1) is 0 Å². The lowest BCUT2D eigenvalue weighted by atomic mass is 9.60. The molecule has 1 saturated heterocycles. The first-order chi connectivity index (χ1) is 12.8. The van der Waals surface area contributed by atoms with E-state index in [4.69, 9.17) is 4.74 Å². The molecule has 2 aliphatic rings. The molecular weight excluding hydrogens is 340 g/mol. The Hall–Kier alpha value is -2.34. The number of H-pyrrole nitrogens is 1. The number of carbonyl (C=O) groups excluding carboxylic acids is 1. The topological polar surface area (TPSA) is 70.2 Å². The molecule has 27 heavy (non-hydrogen) atoms. The number of hydrogen-bond acceptors (Lipinski definition) is 5. The van der Waals surface area contributed by atoms with Gasteiger partial charge in [-0.3, -0.25) is 9.89 Å². The molecule has 0 amide bonds. The van der Waals surface area contributed by atoms with Crippen molar-refractivity contribution in [2.24, 2.45) is 5.41 Å². The molecule has 1 atom stereocenters. The summed E-state index contributed by atoms with van der Waals surface area (Å²) in [6.45, 7) is 12.1. The molecule has 1 unspecified atom stereocenters. The molecule has 4 rings (SSSR count). The molecule has 2 N–H and O–H groups in total. The number of hydrogen-bond donors (Lipinski definition) is 2. The van der Waals surface area contributed by atoms with Crippen LogP contribution in [0, 0.1) is 12.3 Å². The highest BCUT2D eigenvalue weighted by Gasteiger charge is 2.55. The second-order valence-electron chi connectivity index (χ2n) is 8.68. The Morgan fingerprint density at radius 3 is 2.59 bits per heavy atom. The van der Waals surface area contributed by atoms with E-state index in [0.717, 1.165) is 48.7 Å². The smallest absolute Gasteiger partial charge is 0.324 e. The number of piperazine rings is 1. The van der Waals surface area contributed by atoms with Crippen LogP contribution in [-0.4, -0.2) is 42.3 Å². The number of rotatable bonds is 2. The average Bonchev–Trinajstić information content (AvgIpc) is 3.06. The SMILES string of the molecule is Cc1cn[nH]c1C1(C(C)(C)C)Cc2ccc(N3CCNCC3)cc2OC1=O. The van der Waals surface area contributed by atoms with E-state index < -0.39 is 5.41 Å². The van der Waals surface area contributed by atoms with Crippen LogP contribution in [0.5, 0.6) is 5.75 Å². The van der Waals surface area contributed by atoms with Gasteiger partial charge in [0.1, 0.15) is 11.2 Å². The van der Waals surface area contributed by atoms with Crippen LogP contribution in [0.15, 0.2) is 24.4 Å². The first-order valence-corrected chi connectivity index (χ1v) is 9.64. The van der Waals surface area contributed by atoms with Gasteiger partial charge < -0.3 is 15.0 Å². The first kappa shape index (κ1) is 18.0. The third kappa shape index (κ3) is 2.83. The molecule has 2 aromatic rings. The summed E-state index contributed by atoms with van der Waals surface area (Å²) in [5.41, 5.74) is 2.92. The maximum atomic E-state index is 13.4. The number of aryl methyl sites for hydroxylation is 1. The lowest BCUT2D eigenvalue weighted by Crippen LogP contribution is -2.53. The second-order valence-corrected chi connectivity index (χ2v) is 8.68. The molecule has 0 radical (unpaired) electrons. The van der Waals surface area contributed by atoms with E-state index in [0.29, 0.717) is 12.2 Å². The summed E-state index contributed by atoms with van der Waals surface area (Å²) in [4.78, 5) is 15.7. The van der Waals surface area contributed by atoms with Crippen molar-refractivity contribution in [3.05, 3.63) is 41.2 Å². The molecule has 0 bridgehead atoms. The molecule has 6 nitrogen and oxygen atoms in total. The maximum Gasteiger partial charge on any atom is 0.324 e. The maximum absolute atomic E-state index is 13.4. The largest absolute Gasteiger partial charge is 0.425 e. The number of aromatic amines is 1. The lowest BCUT2D eigenvalue weighted by Gasteiger charge is -2.45. The van der Waals surface area contributed by atoms with Crippen LogP contribution < -0.4 is 15.0 Å². The van der Waals surface area contributed by atoms with Crippen LogP contribution in [0.3, 0.4) is 0 Å². The summed E-state index contributed by atoms with van der Waals surface area (Å²) in [6, 6.07) is 6.28. The van der Waals surface area contributed by atoms with Gasteiger partial charge in [-0.2, -0.15) is 5.10 Å². The Labute approximate surface area is 160 Å². The van der Waals surface area contributed by atoms with Gasteiger partial charge >= 0.3 is 5.97 Å². The quantitative estimate of drug-likeness (QED) is 0.630. The molecule has 144 valence electrons. The van der Waals surface area contributed by atoms with Crippen LogP contribution in [0.4, 0.5) is 5.69 Å². The fourth-order valence-electron chi connectivity index (χ4n) is 4.36. The predicted molar refractivity (Wildman–Crippen MR) is 105 cm³/mol. The Morgan fingerprint density at radius 2 is 1.96 bits per heavy atom. The molecule has 2 aliphatic heterocycles. The van der Waals surface area contributed by atoms with E-state index in [1.807, 2.05) is 13.0 Å². The zero-order valence-corrected chi connectivity index (χ0v) is 16.6. The third-order valence-electron chi connectivity index (χ3n) is 6.08. The minimum Gasteiger partial charge on any atom is -0.425 e. The summed E-state index contributed by atoms with van der Waals surface area (Å²) in [7, 11) is 0. The predicted octanol–water partition coefficient (Wildman–Crippen LogP) is 2.57. The number of nitrogens with zero attached hydrogens (tertiary/aromatic N) is 2. The Kier molecular flexibility index (Phi) is 4.26. The van der Waals surface area contributed by atoms with Gasteiger partial charge in [0, 0.05) is 37.9 Å². The molecule has 0 aliphatic carbocycles. The van der Waals surface area contributed by atoms with Gasteiger partial charge in [-0.1, -0.05) is 26.8 Å². The monoisotopic (exact) mass is 368 g/mol. The number of benzene rings is 1. The Balaban J connectivity index is 1.75. The Bertz CT molecular complexity index is 861. The number of ether oxygens (including phenoxy) is 1. The molecule has 0 spiro atoms. The summed E-state index contributed by atoms with van der Waals surface area (Å²) in [5, 5.41) is 10.6. The standard InChI is InChI=1S/C21H28N4O2/c1-14-13-23-24-18(14)21(20(2,3)4)12-15-5-6-16(11-17(15)27-19(21)26)25-9-7-22-8-10-25/h5-6,11,13,22H,7-10,12H2,1-4H3,(H,23,24). The van der Waals surface area contributed by atoms with Crippen molar-refractivity contribution in [1.29, 1.82) is 0 Å². The Morgan fingerprint density at radius 1 is 1.22 bits per heavy atom. The van der Waals surface area contributed by atoms with Crippen molar-refractivity contribution < 1.29 is 9.53 Å². The average molecular weight is 368 g/mol. The first-order valence-electron chi connectivity index (χ1n) is 9.64. The highest BCUT2D eigenvalue weighted by molar-refractivity contribution is 5.89. The number of fused-ring (bicyclic) bond motifs is 1. The van der Waals surface area contributed by atoms with E-state index in [1.165, 1.54) is 0 Å². The van der Waals surface area contributed by atoms with Gasteiger partial charge in [0.2, 0.25) is 0 Å². The van der Waals surface area contributed by atoms with Crippen molar-refractivity contribution >= 4 is 11.7 Å². The second kappa shape index (κ2) is 6.37. The number of anilines is 1. The molecule has 1 aromatic carbocycles. The van der Waals surface area contributed by atoms with Crippen LogP contribution in [-0.2, 0) is 16.6 Å². The van der Waals surface area contributed by atoms with Gasteiger partial charge in [0.05, 0.1) is 11.9 Å². The van der Waals surface area contributed by atoms with Crippen LogP contribution in [0.2, 0.25) is 0 Å². The molecular formula is C21H28N4O2. The van der Waals surface area contributed by atoms with Gasteiger partial charge in [0.15, 0.2) is 0 Å².